The summed E-state index contributed by atoms with van der Waals surface area (Å²) in [7, 11) is 1.75. The zero-order chi connectivity index (χ0) is 24.1. The van der Waals surface area contributed by atoms with Crippen LogP contribution in [0.4, 0.5) is 14.6 Å². The van der Waals surface area contributed by atoms with Gasteiger partial charge in [-0.05, 0) is 51.5 Å². The largest absolute Gasteiger partial charge is 0.390 e. The molecule has 0 spiro atoms. The van der Waals surface area contributed by atoms with Gasteiger partial charge in [0.2, 0.25) is 0 Å². The second kappa shape index (κ2) is 8.22. The molecule has 2 aromatic carbocycles. The standard InChI is InChI=1S/C24H27F2N5O2/c1-13(2)31-21-11-19-18(10-20(21)30(5)23(31)33)15(4)28-29-22(19)27-14(3)16-7-6-8-17(9-16)24(25,26)12-32/h6-11,13-14,32H,12H2,1-5H3,(H,27,29)/t14-/m1/s1. The SMILES string of the molecule is Cc1nnc(N[C@H](C)c2cccc(C(F)(F)CO)c2)c2cc3c(cc12)n(C)c(=O)n3C(C)C. The first kappa shape index (κ1) is 22.8. The Hall–Kier alpha value is -3.33. The second-order valence-corrected chi connectivity index (χ2v) is 8.68. The van der Waals surface area contributed by atoms with Crippen molar-refractivity contribution in [3.8, 4) is 0 Å². The lowest BCUT2D eigenvalue weighted by molar-refractivity contribution is -0.0556. The number of aliphatic hydroxyl groups is 1. The van der Waals surface area contributed by atoms with Gasteiger partial charge in [-0.1, -0.05) is 18.2 Å². The molecule has 9 heteroatoms. The van der Waals surface area contributed by atoms with Crippen LogP contribution in [-0.2, 0) is 13.0 Å². The number of imidazole rings is 1. The van der Waals surface area contributed by atoms with Crippen molar-refractivity contribution in [1.29, 1.82) is 0 Å². The molecule has 4 rings (SSSR count). The van der Waals surface area contributed by atoms with E-state index in [4.69, 9.17) is 5.11 Å². The number of halogens is 2. The third-order valence-corrected chi connectivity index (χ3v) is 6.05. The molecule has 7 nitrogen and oxygen atoms in total. The minimum atomic E-state index is -3.31. The molecule has 0 radical (unpaired) electrons. The molecule has 0 aliphatic heterocycles. The number of nitrogens with one attached hydrogen (secondary N) is 1. The third kappa shape index (κ3) is 3.86. The van der Waals surface area contributed by atoms with Crippen molar-refractivity contribution in [2.24, 2.45) is 7.05 Å². The fraction of sp³-hybridized carbons (Fsp3) is 0.375. The maximum atomic E-state index is 14.0. The number of aromatic nitrogens is 4. The molecular weight excluding hydrogens is 428 g/mol. The van der Waals surface area contributed by atoms with Crippen molar-refractivity contribution in [1.82, 2.24) is 19.3 Å². The van der Waals surface area contributed by atoms with Crippen LogP contribution in [-0.4, -0.2) is 31.0 Å². The highest BCUT2D eigenvalue weighted by molar-refractivity contribution is 6.01. The second-order valence-electron chi connectivity index (χ2n) is 8.68. The summed E-state index contributed by atoms with van der Waals surface area (Å²) in [6.07, 6.45) is 0. The Kier molecular flexibility index (Phi) is 5.69. The van der Waals surface area contributed by atoms with Crippen LogP contribution in [0.25, 0.3) is 21.8 Å². The van der Waals surface area contributed by atoms with Gasteiger partial charge in [0.15, 0.2) is 5.82 Å². The van der Waals surface area contributed by atoms with Crippen LogP contribution in [0.3, 0.4) is 0 Å². The molecule has 4 aromatic rings. The van der Waals surface area contributed by atoms with E-state index >= 15 is 0 Å². The van der Waals surface area contributed by atoms with Crippen LogP contribution in [0.5, 0.6) is 0 Å². The molecule has 0 unspecified atom stereocenters. The zero-order valence-corrected chi connectivity index (χ0v) is 19.2. The predicted molar refractivity (Wildman–Crippen MR) is 125 cm³/mol. The quantitative estimate of drug-likeness (QED) is 0.449. The molecule has 2 aromatic heterocycles. The first-order valence-electron chi connectivity index (χ1n) is 10.8. The third-order valence-electron chi connectivity index (χ3n) is 6.05. The van der Waals surface area contributed by atoms with Crippen LogP contribution in [0, 0.1) is 6.92 Å². The molecule has 174 valence electrons. The number of benzene rings is 2. The zero-order valence-electron chi connectivity index (χ0n) is 19.2. The Morgan fingerprint density at radius 1 is 1.09 bits per heavy atom. The number of fused-ring (bicyclic) bond motifs is 2. The van der Waals surface area contributed by atoms with E-state index in [1.54, 1.807) is 28.3 Å². The number of alkyl halides is 2. The molecule has 2 heterocycles. The maximum Gasteiger partial charge on any atom is 0.329 e. The van der Waals surface area contributed by atoms with Gasteiger partial charge in [-0.3, -0.25) is 9.13 Å². The van der Waals surface area contributed by atoms with Gasteiger partial charge in [0.25, 0.3) is 5.92 Å². The molecule has 0 saturated heterocycles. The molecule has 2 N–H and O–H groups in total. The van der Waals surface area contributed by atoms with Gasteiger partial charge in [0, 0.05) is 29.4 Å². The molecule has 0 saturated carbocycles. The number of nitrogens with zero attached hydrogens (tertiary/aromatic N) is 4. The topological polar surface area (TPSA) is 85.0 Å². The average Bonchev–Trinajstić information content (AvgIpc) is 3.04. The summed E-state index contributed by atoms with van der Waals surface area (Å²) in [6, 6.07) is 9.43. The highest BCUT2D eigenvalue weighted by atomic mass is 19.3. The maximum absolute atomic E-state index is 14.0. The van der Waals surface area contributed by atoms with E-state index in [9.17, 15) is 13.6 Å². The van der Waals surface area contributed by atoms with E-state index in [0.717, 1.165) is 27.5 Å². The summed E-state index contributed by atoms with van der Waals surface area (Å²) in [5, 5.41) is 22.5. The van der Waals surface area contributed by atoms with Crippen molar-refractivity contribution < 1.29 is 13.9 Å². The lowest BCUT2D eigenvalue weighted by Gasteiger charge is -2.19. The van der Waals surface area contributed by atoms with E-state index in [0.29, 0.717) is 11.4 Å². The van der Waals surface area contributed by atoms with Crippen molar-refractivity contribution in [3.05, 3.63) is 63.7 Å². The summed E-state index contributed by atoms with van der Waals surface area (Å²) >= 11 is 0. The summed E-state index contributed by atoms with van der Waals surface area (Å²) in [4.78, 5) is 12.8. The monoisotopic (exact) mass is 455 g/mol. The Morgan fingerprint density at radius 3 is 2.45 bits per heavy atom. The predicted octanol–water partition coefficient (Wildman–Crippen LogP) is 4.43. The molecule has 0 aliphatic rings. The Labute approximate surface area is 189 Å². The van der Waals surface area contributed by atoms with Gasteiger partial charge in [-0.2, -0.15) is 13.9 Å². The normalized spacial score (nSPS) is 13.2. The van der Waals surface area contributed by atoms with Gasteiger partial charge in [0.1, 0.15) is 6.61 Å². The number of rotatable bonds is 6. The highest BCUT2D eigenvalue weighted by Crippen LogP contribution is 2.32. The fourth-order valence-corrected chi connectivity index (χ4v) is 4.15. The molecule has 1 atom stereocenters. The molecule has 0 aliphatic carbocycles. The Balaban J connectivity index is 1.83. The molecule has 33 heavy (non-hydrogen) atoms. The molecule has 0 fully saturated rings. The number of hydrogen-bond donors (Lipinski definition) is 2. The summed E-state index contributed by atoms with van der Waals surface area (Å²) in [5.74, 6) is -2.82. The van der Waals surface area contributed by atoms with Crippen LogP contribution in [0.1, 0.15) is 49.7 Å². The van der Waals surface area contributed by atoms with Crippen molar-refractivity contribution in [2.75, 3.05) is 11.9 Å². The fourth-order valence-electron chi connectivity index (χ4n) is 4.15. The lowest BCUT2D eigenvalue weighted by Crippen LogP contribution is -2.23. The van der Waals surface area contributed by atoms with Gasteiger partial charge >= 0.3 is 5.69 Å². The molecular formula is C24H27F2N5O2. The first-order valence-corrected chi connectivity index (χ1v) is 10.8. The lowest BCUT2D eigenvalue weighted by atomic mass is 10.0. The van der Waals surface area contributed by atoms with E-state index in [-0.39, 0.29) is 23.3 Å². The van der Waals surface area contributed by atoms with Crippen molar-refractivity contribution in [2.45, 2.75) is 45.7 Å². The van der Waals surface area contributed by atoms with Gasteiger partial charge in [-0.15, -0.1) is 5.10 Å². The first-order chi connectivity index (χ1) is 15.5. The smallest absolute Gasteiger partial charge is 0.329 e. The van der Waals surface area contributed by atoms with Crippen LogP contribution >= 0.6 is 0 Å². The summed E-state index contributed by atoms with van der Waals surface area (Å²) in [6.45, 7) is 6.35. The number of aliphatic hydroxyl groups excluding tert-OH is 1. The highest BCUT2D eigenvalue weighted by Gasteiger charge is 2.30. The molecule has 0 bridgehead atoms. The number of aryl methyl sites for hydroxylation is 2. The van der Waals surface area contributed by atoms with E-state index in [1.807, 2.05) is 39.8 Å². The number of hydrogen-bond acceptors (Lipinski definition) is 5. The van der Waals surface area contributed by atoms with Crippen LogP contribution < -0.4 is 11.0 Å². The average molecular weight is 456 g/mol. The Bertz CT molecular complexity index is 1410. The number of anilines is 1. The minimum Gasteiger partial charge on any atom is -0.390 e. The van der Waals surface area contributed by atoms with Gasteiger partial charge in [0.05, 0.1) is 22.8 Å². The van der Waals surface area contributed by atoms with E-state index < -0.39 is 12.5 Å². The minimum absolute atomic E-state index is 0.0270. The van der Waals surface area contributed by atoms with Gasteiger partial charge in [-0.25, -0.2) is 4.79 Å². The molecule has 0 amide bonds. The van der Waals surface area contributed by atoms with E-state index in [1.165, 1.54) is 12.1 Å². The van der Waals surface area contributed by atoms with E-state index in [2.05, 4.69) is 15.5 Å². The Morgan fingerprint density at radius 2 is 1.79 bits per heavy atom. The van der Waals surface area contributed by atoms with Crippen LogP contribution in [0.15, 0.2) is 41.2 Å². The summed E-state index contributed by atoms with van der Waals surface area (Å²) in [5.41, 5.74) is 2.59. The summed E-state index contributed by atoms with van der Waals surface area (Å²) < 4.78 is 31.3. The van der Waals surface area contributed by atoms with Crippen molar-refractivity contribution in [3.63, 3.8) is 0 Å². The van der Waals surface area contributed by atoms with Crippen LogP contribution in [0.2, 0.25) is 0 Å². The van der Waals surface area contributed by atoms with Gasteiger partial charge < -0.3 is 10.4 Å². The van der Waals surface area contributed by atoms with Crippen molar-refractivity contribution >= 4 is 27.6 Å².